The van der Waals surface area contributed by atoms with E-state index in [0.717, 1.165) is 6.42 Å². The molecule has 0 radical (unpaired) electrons. The van der Waals surface area contributed by atoms with Crippen molar-refractivity contribution >= 4 is 5.97 Å². The van der Waals surface area contributed by atoms with Gasteiger partial charge in [-0.05, 0) is 13.3 Å². The second kappa shape index (κ2) is 3.56. The number of carboxylic acid groups (broad SMARTS) is 1. The van der Waals surface area contributed by atoms with Gasteiger partial charge in [0.15, 0.2) is 0 Å². The van der Waals surface area contributed by atoms with Crippen LogP contribution in [0, 0.1) is 0 Å². The molecule has 0 fully saturated rings. The van der Waals surface area contributed by atoms with Gasteiger partial charge in [-0.15, -0.1) is 0 Å². The molecule has 0 aromatic carbocycles. The summed E-state index contributed by atoms with van der Waals surface area (Å²) in [7, 11) is 0. The average molecular weight is 146 g/mol. The molecular formula is C7H14O3. The number of hydrogen-bond donors (Lipinski definition) is 2. The molecule has 0 aliphatic rings. The fourth-order valence-corrected chi connectivity index (χ4v) is 0.953. The van der Waals surface area contributed by atoms with Crippen molar-refractivity contribution in [3.63, 3.8) is 0 Å². The lowest BCUT2D eigenvalue weighted by Gasteiger charge is -2.19. The summed E-state index contributed by atoms with van der Waals surface area (Å²) in [5, 5.41) is 17.6. The molecular weight excluding hydrogens is 132 g/mol. The van der Waals surface area contributed by atoms with Crippen LogP contribution in [-0.4, -0.2) is 21.8 Å². The van der Waals surface area contributed by atoms with E-state index in [4.69, 9.17) is 5.11 Å². The zero-order valence-corrected chi connectivity index (χ0v) is 6.42. The van der Waals surface area contributed by atoms with Gasteiger partial charge >= 0.3 is 5.97 Å². The van der Waals surface area contributed by atoms with Gasteiger partial charge in [0.1, 0.15) is 0 Å². The fraction of sp³-hybridized carbons (Fsp3) is 0.857. The first kappa shape index (κ1) is 9.43. The lowest BCUT2D eigenvalue weighted by molar-refractivity contribution is -0.142. The van der Waals surface area contributed by atoms with Gasteiger partial charge < -0.3 is 10.2 Å². The summed E-state index contributed by atoms with van der Waals surface area (Å²) in [6.45, 7) is 3.46. The molecule has 10 heavy (non-hydrogen) atoms. The van der Waals surface area contributed by atoms with Crippen LogP contribution in [0.15, 0.2) is 0 Å². The number of carbonyl (C=O) groups is 1. The molecule has 0 aromatic heterocycles. The Morgan fingerprint density at radius 1 is 1.60 bits per heavy atom. The molecule has 0 amide bonds. The first-order valence-corrected chi connectivity index (χ1v) is 3.42. The Bertz CT molecular complexity index is 118. The van der Waals surface area contributed by atoms with Crippen LogP contribution in [0.1, 0.15) is 33.1 Å². The largest absolute Gasteiger partial charge is 0.481 e. The van der Waals surface area contributed by atoms with Crippen LogP contribution in [0.25, 0.3) is 0 Å². The number of aliphatic hydroxyl groups is 1. The van der Waals surface area contributed by atoms with Crippen molar-refractivity contribution in [2.75, 3.05) is 0 Å². The summed E-state index contributed by atoms with van der Waals surface area (Å²) in [5.41, 5.74) is -1.03. The topological polar surface area (TPSA) is 57.5 Å². The van der Waals surface area contributed by atoms with Gasteiger partial charge in [0.2, 0.25) is 0 Å². The molecule has 0 spiro atoms. The van der Waals surface area contributed by atoms with E-state index in [1.807, 2.05) is 6.92 Å². The van der Waals surface area contributed by atoms with E-state index < -0.39 is 11.6 Å². The SMILES string of the molecule is CCCC(C)(O)CC(=O)O. The monoisotopic (exact) mass is 146 g/mol. The third-order valence-corrected chi connectivity index (χ3v) is 1.32. The molecule has 0 saturated heterocycles. The van der Waals surface area contributed by atoms with E-state index in [9.17, 15) is 9.90 Å². The zero-order valence-electron chi connectivity index (χ0n) is 6.42. The third-order valence-electron chi connectivity index (χ3n) is 1.32. The summed E-state index contributed by atoms with van der Waals surface area (Å²) >= 11 is 0. The van der Waals surface area contributed by atoms with Crippen molar-refractivity contribution in [2.45, 2.75) is 38.7 Å². The van der Waals surface area contributed by atoms with Crippen LogP contribution < -0.4 is 0 Å². The highest BCUT2D eigenvalue weighted by Gasteiger charge is 2.22. The summed E-state index contributed by atoms with van der Waals surface area (Å²) in [5.74, 6) is -0.946. The molecule has 0 saturated carbocycles. The number of hydrogen-bond acceptors (Lipinski definition) is 2. The van der Waals surface area contributed by atoms with E-state index in [-0.39, 0.29) is 6.42 Å². The molecule has 60 valence electrons. The minimum atomic E-state index is -1.03. The number of carboxylic acids is 1. The fourth-order valence-electron chi connectivity index (χ4n) is 0.953. The molecule has 0 heterocycles. The van der Waals surface area contributed by atoms with Crippen molar-refractivity contribution in [2.24, 2.45) is 0 Å². The molecule has 0 aromatic rings. The second-order valence-electron chi connectivity index (χ2n) is 2.82. The van der Waals surface area contributed by atoms with Crippen molar-refractivity contribution in [1.82, 2.24) is 0 Å². The predicted octanol–water partition coefficient (Wildman–Crippen LogP) is 1.01. The highest BCUT2D eigenvalue weighted by molar-refractivity contribution is 5.67. The molecule has 0 bridgehead atoms. The Morgan fingerprint density at radius 3 is 2.40 bits per heavy atom. The molecule has 3 nitrogen and oxygen atoms in total. The van der Waals surface area contributed by atoms with Gasteiger partial charge in [-0.2, -0.15) is 0 Å². The highest BCUT2D eigenvalue weighted by atomic mass is 16.4. The van der Waals surface area contributed by atoms with E-state index >= 15 is 0 Å². The van der Waals surface area contributed by atoms with Crippen LogP contribution in [0.2, 0.25) is 0 Å². The smallest absolute Gasteiger partial charge is 0.306 e. The minimum absolute atomic E-state index is 0.166. The van der Waals surface area contributed by atoms with E-state index in [0.29, 0.717) is 6.42 Å². The molecule has 0 rings (SSSR count). The van der Waals surface area contributed by atoms with Gasteiger partial charge in [-0.25, -0.2) is 0 Å². The van der Waals surface area contributed by atoms with Crippen molar-refractivity contribution in [3.05, 3.63) is 0 Å². The van der Waals surface area contributed by atoms with Crippen molar-refractivity contribution < 1.29 is 15.0 Å². The Hall–Kier alpha value is -0.570. The van der Waals surface area contributed by atoms with E-state index in [1.165, 1.54) is 0 Å². The standard InChI is InChI=1S/C7H14O3/c1-3-4-7(2,10)5-6(8)9/h10H,3-5H2,1-2H3,(H,8,9). The summed E-state index contributed by atoms with van der Waals surface area (Å²) < 4.78 is 0. The molecule has 2 N–H and O–H groups in total. The Kier molecular flexibility index (Phi) is 3.36. The molecule has 0 aliphatic heterocycles. The predicted molar refractivity (Wildman–Crippen MR) is 37.8 cm³/mol. The molecule has 1 atom stereocenters. The maximum Gasteiger partial charge on any atom is 0.306 e. The van der Waals surface area contributed by atoms with Gasteiger partial charge in [0.05, 0.1) is 12.0 Å². The van der Waals surface area contributed by atoms with Crippen molar-refractivity contribution in [1.29, 1.82) is 0 Å². The van der Waals surface area contributed by atoms with Crippen molar-refractivity contribution in [3.8, 4) is 0 Å². The normalized spacial score (nSPS) is 16.3. The molecule has 1 unspecified atom stereocenters. The average Bonchev–Trinajstić information content (AvgIpc) is 1.59. The summed E-state index contributed by atoms with van der Waals surface area (Å²) in [6.07, 6.45) is 1.18. The van der Waals surface area contributed by atoms with Gasteiger partial charge in [0, 0.05) is 0 Å². The lowest BCUT2D eigenvalue weighted by atomic mass is 9.97. The van der Waals surface area contributed by atoms with E-state index in [2.05, 4.69) is 0 Å². The van der Waals surface area contributed by atoms with Crippen LogP contribution >= 0.6 is 0 Å². The minimum Gasteiger partial charge on any atom is -0.481 e. The summed E-state index contributed by atoms with van der Waals surface area (Å²) in [4.78, 5) is 10.1. The molecule has 0 aliphatic carbocycles. The van der Waals surface area contributed by atoms with Gasteiger partial charge in [0.25, 0.3) is 0 Å². The Labute approximate surface area is 60.7 Å². The maximum atomic E-state index is 10.1. The zero-order chi connectivity index (χ0) is 8.20. The maximum absolute atomic E-state index is 10.1. The number of rotatable bonds is 4. The van der Waals surface area contributed by atoms with Gasteiger partial charge in [-0.3, -0.25) is 4.79 Å². The quantitative estimate of drug-likeness (QED) is 0.622. The second-order valence-corrected chi connectivity index (χ2v) is 2.82. The van der Waals surface area contributed by atoms with Crippen LogP contribution in [-0.2, 0) is 4.79 Å². The van der Waals surface area contributed by atoms with Crippen LogP contribution in [0.4, 0.5) is 0 Å². The highest BCUT2D eigenvalue weighted by Crippen LogP contribution is 2.15. The molecule has 3 heteroatoms. The van der Waals surface area contributed by atoms with Gasteiger partial charge in [-0.1, -0.05) is 13.3 Å². The first-order chi connectivity index (χ1) is 4.48. The number of aliphatic carboxylic acids is 1. The third kappa shape index (κ3) is 4.32. The Morgan fingerprint density at radius 2 is 2.10 bits per heavy atom. The Balaban J connectivity index is 3.74. The first-order valence-electron chi connectivity index (χ1n) is 3.42. The van der Waals surface area contributed by atoms with Crippen LogP contribution in [0.3, 0.4) is 0 Å². The lowest BCUT2D eigenvalue weighted by Crippen LogP contribution is -2.27. The van der Waals surface area contributed by atoms with E-state index in [1.54, 1.807) is 6.92 Å². The summed E-state index contributed by atoms with van der Waals surface area (Å²) in [6, 6.07) is 0. The van der Waals surface area contributed by atoms with Crippen LogP contribution in [0.5, 0.6) is 0 Å².